The maximum Gasteiger partial charge on any atom is 0.124 e. The zero-order valence-electron chi connectivity index (χ0n) is 11.1. The Morgan fingerprint density at radius 2 is 2.06 bits per heavy atom. The molecular formula is C14H22ClNO. The summed E-state index contributed by atoms with van der Waals surface area (Å²) in [6.07, 6.45) is 2.30. The lowest BCUT2D eigenvalue weighted by molar-refractivity contribution is 0.350. The zero-order chi connectivity index (χ0) is 12.9. The summed E-state index contributed by atoms with van der Waals surface area (Å²) in [4.78, 5) is 0. The molecule has 0 heterocycles. The van der Waals surface area contributed by atoms with E-state index in [0.717, 1.165) is 29.3 Å². The van der Waals surface area contributed by atoms with E-state index >= 15 is 0 Å². The van der Waals surface area contributed by atoms with Gasteiger partial charge in [0, 0.05) is 22.7 Å². The van der Waals surface area contributed by atoms with Gasteiger partial charge in [0.15, 0.2) is 0 Å². The summed E-state index contributed by atoms with van der Waals surface area (Å²) in [6.45, 7) is 7.34. The highest BCUT2D eigenvalue weighted by atomic mass is 35.5. The first-order valence-corrected chi connectivity index (χ1v) is 6.44. The molecule has 0 spiro atoms. The Bertz CT molecular complexity index is 363. The molecule has 0 fully saturated rings. The Labute approximate surface area is 109 Å². The molecule has 0 aliphatic rings. The summed E-state index contributed by atoms with van der Waals surface area (Å²) in [7, 11) is 1.67. The van der Waals surface area contributed by atoms with Crippen LogP contribution in [0.3, 0.4) is 0 Å². The fourth-order valence-corrected chi connectivity index (χ4v) is 2.18. The molecule has 96 valence electrons. The highest BCUT2D eigenvalue weighted by Gasteiger charge is 2.17. The quantitative estimate of drug-likeness (QED) is 0.829. The zero-order valence-corrected chi connectivity index (χ0v) is 11.9. The molecule has 0 aliphatic heterocycles. The van der Waals surface area contributed by atoms with Crippen molar-refractivity contribution in [3.63, 3.8) is 0 Å². The van der Waals surface area contributed by atoms with Crippen LogP contribution in [0, 0.1) is 0 Å². The van der Waals surface area contributed by atoms with Crippen LogP contribution in [0.4, 0.5) is 0 Å². The number of halogens is 1. The van der Waals surface area contributed by atoms with Crippen LogP contribution in [0.25, 0.3) is 0 Å². The maximum absolute atomic E-state index is 6.19. The fourth-order valence-electron chi connectivity index (χ4n) is 1.94. The molecule has 3 heteroatoms. The number of ether oxygens (including phenoxy) is 1. The Morgan fingerprint density at radius 1 is 1.35 bits per heavy atom. The molecule has 17 heavy (non-hydrogen) atoms. The van der Waals surface area contributed by atoms with Crippen LogP contribution in [-0.4, -0.2) is 12.6 Å². The van der Waals surface area contributed by atoms with E-state index in [0.29, 0.717) is 0 Å². The fraction of sp³-hybridized carbons (Fsp3) is 0.571. The van der Waals surface area contributed by atoms with Crippen LogP contribution in [-0.2, 0) is 6.54 Å². The highest BCUT2D eigenvalue weighted by molar-refractivity contribution is 6.31. The summed E-state index contributed by atoms with van der Waals surface area (Å²) in [6, 6.07) is 5.74. The molecule has 0 unspecified atom stereocenters. The van der Waals surface area contributed by atoms with E-state index in [1.165, 1.54) is 6.42 Å². The van der Waals surface area contributed by atoms with Crippen molar-refractivity contribution < 1.29 is 4.74 Å². The number of benzene rings is 1. The topological polar surface area (TPSA) is 21.3 Å². The Hall–Kier alpha value is -0.730. The first-order chi connectivity index (χ1) is 8.00. The molecule has 0 aromatic heterocycles. The summed E-state index contributed by atoms with van der Waals surface area (Å²) >= 11 is 6.19. The number of rotatable bonds is 6. The largest absolute Gasteiger partial charge is 0.496 e. The van der Waals surface area contributed by atoms with Gasteiger partial charge in [-0.3, -0.25) is 0 Å². The van der Waals surface area contributed by atoms with Gasteiger partial charge < -0.3 is 10.1 Å². The van der Waals surface area contributed by atoms with Crippen molar-refractivity contribution >= 4 is 11.6 Å². The molecule has 0 bridgehead atoms. The molecule has 1 aromatic rings. The van der Waals surface area contributed by atoms with Crippen LogP contribution in [0.1, 0.15) is 39.2 Å². The number of nitrogens with one attached hydrogen (secondary N) is 1. The molecule has 1 rings (SSSR count). The minimum Gasteiger partial charge on any atom is -0.496 e. The molecule has 0 saturated carbocycles. The predicted octanol–water partition coefficient (Wildman–Crippen LogP) is 4.02. The monoisotopic (exact) mass is 255 g/mol. The molecule has 1 N–H and O–H groups in total. The maximum atomic E-state index is 6.19. The van der Waals surface area contributed by atoms with Crippen molar-refractivity contribution in [2.75, 3.05) is 7.11 Å². The Morgan fingerprint density at radius 3 is 2.65 bits per heavy atom. The summed E-state index contributed by atoms with van der Waals surface area (Å²) in [5.41, 5.74) is 1.15. The van der Waals surface area contributed by atoms with Crippen molar-refractivity contribution in [3.05, 3.63) is 28.8 Å². The second kappa shape index (κ2) is 6.27. The van der Waals surface area contributed by atoms with E-state index in [1.54, 1.807) is 7.11 Å². The average Bonchev–Trinajstić information content (AvgIpc) is 2.27. The normalized spacial score (nSPS) is 11.6. The molecule has 0 radical (unpaired) electrons. The van der Waals surface area contributed by atoms with Crippen molar-refractivity contribution in [2.45, 2.75) is 45.7 Å². The van der Waals surface area contributed by atoms with E-state index in [-0.39, 0.29) is 5.54 Å². The lowest BCUT2D eigenvalue weighted by atomic mass is 9.98. The van der Waals surface area contributed by atoms with Gasteiger partial charge in [0.1, 0.15) is 5.75 Å². The number of hydrogen-bond acceptors (Lipinski definition) is 2. The summed E-state index contributed by atoms with van der Waals surface area (Å²) < 4.78 is 5.33. The third-order valence-corrected chi connectivity index (χ3v) is 3.27. The molecule has 2 nitrogen and oxygen atoms in total. The molecule has 0 saturated heterocycles. The summed E-state index contributed by atoms with van der Waals surface area (Å²) in [5, 5.41) is 4.28. The van der Waals surface area contributed by atoms with Crippen LogP contribution in [0.15, 0.2) is 18.2 Å². The van der Waals surface area contributed by atoms with E-state index in [1.807, 2.05) is 18.2 Å². The minimum atomic E-state index is 0.124. The van der Waals surface area contributed by atoms with Crippen molar-refractivity contribution in [2.24, 2.45) is 0 Å². The Balaban J connectivity index is 2.75. The predicted molar refractivity (Wildman–Crippen MR) is 73.8 cm³/mol. The average molecular weight is 256 g/mol. The second-order valence-corrected chi connectivity index (χ2v) is 5.32. The second-order valence-electron chi connectivity index (χ2n) is 4.91. The lowest BCUT2D eigenvalue weighted by Gasteiger charge is -2.26. The van der Waals surface area contributed by atoms with Crippen LogP contribution >= 0.6 is 11.6 Å². The van der Waals surface area contributed by atoms with E-state index < -0.39 is 0 Å². The first-order valence-electron chi connectivity index (χ1n) is 6.06. The number of hydrogen-bond donors (Lipinski definition) is 1. The van der Waals surface area contributed by atoms with Gasteiger partial charge in [-0.2, -0.15) is 0 Å². The molecule has 0 amide bonds. The third kappa shape index (κ3) is 4.21. The van der Waals surface area contributed by atoms with E-state index in [9.17, 15) is 0 Å². The van der Waals surface area contributed by atoms with E-state index in [4.69, 9.17) is 16.3 Å². The standard InChI is InChI=1S/C14H22ClNO/c1-5-9-14(2,3)16-10-11-12(15)7-6-8-13(11)17-4/h6-8,16H,5,9-10H2,1-4H3. The van der Waals surface area contributed by atoms with Gasteiger partial charge in [-0.1, -0.05) is 31.0 Å². The van der Waals surface area contributed by atoms with Crippen LogP contribution in [0.2, 0.25) is 5.02 Å². The van der Waals surface area contributed by atoms with E-state index in [2.05, 4.69) is 26.1 Å². The van der Waals surface area contributed by atoms with Gasteiger partial charge in [-0.15, -0.1) is 0 Å². The van der Waals surface area contributed by atoms with Gasteiger partial charge in [-0.05, 0) is 32.4 Å². The van der Waals surface area contributed by atoms with Crippen molar-refractivity contribution in [1.29, 1.82) is 0 Å². The van der Waals surface area contributed by atoms with Crippen molar-refractivity contribution in [1.82, 2.24) is 5.32 Å². The smallest absolute Gasteiger partial charge is 0.124 e. The van der Waals surface area contributed by atoms with Crippen LogP contribution in [0.5, 0.6) is 5.75 Å². The third-order valence-electron chi connectivity index (χ3n) is 2.91. The van der Waals surface area contributed by atoms with Crippen molar-refractivity contribution in [3.8, 4) is 5.75 Å². The molecule has 0 atom stereocenters. The number of methoxy groups -OCH3 is 1. The van der Waals surface area contributed by atoms with Crippen LogP contribution < -0.4 is 10.1 Å². The molecule has 1 aromatic carbocycles. The summed E-state index contributed by atoms with van der Waals surface area (Å²) in [5.74, 6) is 0.845. The SMILES string of the molecule is CCCC(C)(C)NCc1c(Cl)cccc1OC. The Kier molecular flexibility index (Phi) is 5.29. The molecular weight excluding hydrogens is 234 g/mol. The minimum absolute atomic E-state index is 0.124. The van der Waals surface area contributed by atoms with Gasteiger partial charge >= 0.3 is 0 Å². The van der Waals surface area contributed by atoms with Gasteiger partial charge in [-0.25, -0.2) is 0 Å². The van der Waals surface area contributed by atoms with Gasteiger partial charge in [0.25, 0.3) is 0 Å². The lowest BCUT2D eigenvalue weighted by Crippen LogP contribution is -2.38. The molecule has 0 aliphatic carbocycles. The van der Waals surface area contributed by atoms with Gasteiger partial charge in [0.05, 0.1) is 7.11 Å². The van der Waals surface area contributed by atoms with Gasteiger partial charge in [0.2, 0.25) is 0 Å². The first kappa shape index (κ1) is 14.3. The highest BCUT2D eigenvalue weighted by Crippen LogP contribution is 2.26.